The molecule has 1 amide bonds. The molecule has 5 fully saturated rings. The summed E-state index contributed by atoms with van der Waals surface area (Å²) in [4.78, 5) is 40.9. The van der Waals surface area contributed by atoms with Gasteiger partial charge in [-0.15, -0.1) is 0 Å². The summed E-state index contributed by atoms with van der Waals surface area (Å²) in [6.07, 6.45) is 10.0. The van der Waals surface area contributed by atoms with Gasteiger partial charge < -0.3 is 34.3 Å². The Morgan fingerprint density at radius 1 is 0.955 bits per heavy atom. The molecule has 1 saturated carbocycles. The van der Waals surface area contributed by atoms with Gasteiger partial charge in [0, 0.05) is 68.3 Å². The van der Waals surface area contributed by atoms with E-state index in [0.717, 1.165) is 62.5 Å². The Morgan fingerprint density at radius 2 is 1.77 bits per heavy atom. The van der Waals surface area contributed by atoms with Crippen molar-refractivity contribution in [2.24, 2.45) is 11.3 Å². The molecule has 17 heteroatoms. The Morgan fingerprint density at radius 3 is 2.58 bits per heavy atom. The van der Waals surface area contributed by atoms with Gasteiger partial charge in [0.25, 0.3) is 21.6 Å². The molecule has 5 aliphatic heterocycles. The van der Waals surface area contributed by atoms with Gasteiger partial charge in [-0.3, -0.25) is 19.8 Å². The Labute approximate surface area is 384 Å². The minimum atomic E-state index is -4.58. The van der Waals surface area contributed by atoms with Gasteiger partial charge >= 0.3 is 0 Å². The number of nitrogens with one attached hydrogen (secondary N) is 3. The summed E-state index contributed by atoms with van der Waals surface area (Å²) >= 11 is 0. The van der Waals surface area contributed by atoms with E-state index in [2.05, 4.69) is 56.0 Å². The van der Waals surface area contributed by atoms with E-state index in [1.54, 1.807) is 6.07 Å². The number of aromatic amines is 1. The van der Waals surface area contributed by atoms with Crippen LogP contribution in [0.15, 0.2) is 83.9 Å². The first-order chi connectivity index (χ1) is 32.0. The minimum absolute atomic E-state index is 0.114. The van der Waals surface area contributed by atoms with Gasteiger partial charge in [0.05, 0.1) is 40.3 Å². The van der Waals surface area contributed by atoms with Crippen LogP contribution in [-0.2, 0) is 19.5 Å². The fourth-order valence-electron chi connectivity index (χ4n) is 11.6. The van der Waals surface area contributed by atoms with Gasteiger partial charge in [-0.05, 0) is 130 Å². The summed E-state index contributed by atoms with van der Waals surface area (Å²) in [6, 6.07) is 22.7. The van der Waals surface area contributed by atoms with Crippen LogP contribution in [0.5, 0.6) is 5.88 Å². The van der Waals surface area contributed by atoms with E-state index in [0.29, 0.717) is 73.4 Å². The number of carbonyl (C=O) groups excluding carboxylic acids is 1. The Hall–Kier alpha value is -5.75. The number of likely N-dealkylation sites (tertiary alicyclic amines) is 1. The molecule has 3 N–H and O–H groups in total. The third-order valence-corrected chi connectivity index (χ3v) is 16.6. The quantitative estimate of drug-likeness (QED) is 0.0870. The number of H-pyrrole nitrogens is 1. The lowest BCUT2D eigenvalue weighted by atomic mass is 9.59. The summed E-state index contributed by atoms with van der Waals surface area (Å²) in [5.74, 6) is -0.221. The van der Waals surface area contributed by atoms with Crippen molar-refractivity contribution in [1.29, 1.82) is 0 Å². The summed E-state index contributed by atoms with van der Waals surface area (Å²) in [5, 5.41) is 16.2. The average molecular weight is 917 g/mol. The lowest BCUT2D eigenvalue weighted by Gasteiger charge is -2.56. The van der Waals surface area contributed by atoms with Crippen LogP contribution in [0.1, 0.15) is 78.9 Å². The van der Waals surface area contributed by atoms with Gasteiger partial charge in [-0.1, -0.05) is 24.3 Å². The second-order valence-corrected chi connectivity index (χ2v) is 20.9. The van der Waals surface area contributed by atoms with Crippen LogP contribution < -0.4 is 24.6 Å². The fourth-order valence-corrected chi connectivity index (χ4v) is 12.6. The lowest BCUT2D eigenvalue weighted by molar-refractivity contribution is -0.384. The molecular formula is C49H56N8O8S. The van der Waals surface area contributed by atoms with Gasteiger partial charge in [-0.2, -0.15) is 4.98 Å². The van der Waals surface area contributed by atoms with Gasteiger partial charge in [-0.25, -0.2) is 13.1 Å². The topological polar surface area (TPSA) is 184 Å². The molecule has 1 aliphatic carbocycles. The number of benzene rings is 3. The molecule has 7 heterocycles. The van der Waals surface area contributed by atoms with Gasteiger partial charge in [0.15, 0.2) is 0 Å². The number of rotatable bonds is 11. The molecular weight excluding hydrogens is 861 g/mol. The van der Waals surface area contributed by atoms with E-state index in [-0.39, 0.29) is 23.2 Å². The van der Waals surface area contributed by atoms with Crippen LogP contribution in [0, 0.1) is 28.4 Å². The molecule has 0 radical (unpaired) electrons. The number of nitrogens with zero attached hydrogens (tertiary/aromatic N) is 5. The SMILES string of the molecule is Cc1ccccc1[C@@H]1CCCN1C1CC2(CCN(c3ccc(C(=O)NS(=O)(=O)c4ccc(NCC5CCOCC5)c([N+](=O)[O-])c4)c(N4c5cc6cc[nH]c6nc5O[C@@H]5COC[C@H]54)c3)CC2)C1. The maximum absolute atomic E-state index is 14.6. The molecule has 0 unspecified atom stereocenters. The lowest BCUT2D eigenvalue weighted by Crippen LogP contribution is -2.55. The average Bonchev–Trinajstić information content (AvgIpc) is 4.11. The molecule has 0 bridgehead atoms. The van der Waals surface area contributed by atoms with Crippen LogP contribution in [-0.4, -0.2) is 105 Å². The van der Waals surface area contributed by atoms with Gasteiger partial charge in [0.2, 0.25) is 5.88 Å². The molecule has 11 rings (SSSR count). The Kier molecular flexibility index (Phi) is 11.1. The van der Waals surface area contributed by atoms with E-state index in [1.807, 2.05) is 35.4 Å². The minimum Gasteiger partial charge on any atom is -0.468 e. The van der Waals surface area contributed by atoms with E-state index < -0.39 is 37.5 Å². The first kappa shape index (κ1) is 42.9. The summed E-state index contributed by atoms with van der Waals surface area (Å²) < 4.78 is 48.2. The highest BCUT2D eigenvalue weighted by molar-refractivity contribution is 7.90. The number of nitro benzene ring substituents is 1. The number of piperidine rings is 1. The zero-order chi connectivity index (χ0) is 45.2. The van der Waals surface area contributed by atoms with Crippen LogP contribution in [0.4, 0.5) is 28.4 Å². The highest BCUT2D eigenvalue weighted by Gasteiger charge is 2.50. The normalized spacial score (nSPS) is 23.3. The zero-order valence-electron chi connectivity index (χ0n) is 37.1. The zero-order valence-corrected chi connectivity index (χ0v) is 37.9. The number of hydrogen-bond donors (Lipinski definition) is 3. The number of ether oxygens (including phenoxy) is 3. The molecule has 1 spiro atoms. The third-order valence-electron chi connectivity index (χ3n) is 15.3. The molecule has 66 heavy (non-hydrogen) atoms. The predicted molar refractivity (Wildman–Crippen MR) is 250 cm³/mol. The number of amides is 1. The number of sulfonamides is 1. The largest absolute Gasteiger partial charge is 0.468 e. The highest BCUT2D eigenvalue weighted by atomic mass is 32.2. The third kappa shape index (κ3) is 7.92. The molecule has 3 atom stereocenters. The van der Waals surface area contributed by atoms with Gasteiger partial charge in [0.1, 0.15) is 23.1 Å². The van der Waals surface area contributed by atoms with Crippen LogP contribution in [0.3, 0.4) is 0 Å². The van der Waals surface area contributed by atoms with Crippen LogP contribution in [0.2, 0.25) is 0 Å². The predicted octanol–water partition coefficient (Wildman–Crippen LogP) is 7.62. The van der Waals surface area contributed by atoms with Crippen molar-refractivity contribution >= 4 is 55.4 Å². The molecule has 3 aromatic carbocycles. The van der Waals surface area contributed by atoms with Crippen molar-refractivity contribution in [2.75, 3.05) is 67.7 Å². The number of nitro groups is 1. The van der Waals surface area contributed by atoms with Crippen LogP contribution >= 0.6 is 0 Å². The number of pyridine rings is 1. The number of carbonyl (C=O) groups is 1. The molecule has 346 valence electrons. The molecule has 16 nitrogen and oxygen atoms in total. The van der Waals surface area contributed by atoms with Crippen molar-refractivity contribution in [3.8, 4) is 5.88 Å². The standard InChI is InChI=1S/C49H56N8O8S/c1-31-5-2-3-6-37(31)40-7-4-18-55(40)35-26-49(27-35)15-19-54(20-16-49)34-8-10-38(41(24-34)56-43-23-33-12-17-50-46(33)52-48(43)65-45-30-64-29-44(45)56)47(58)53-66(61,62)36-9-11-39(42(25-36)57(59)60)51-28-32-13-21-63-22-14-32/h2-3,5-6,8-12,17,23-25,32,35,40,44-45,51H,4,7,13-16,18-22,26-30H2,1H3,(H,50,52)(H,53,58)/t40-,44+,45+/m0/s1. The first-order valence-corrected chi connectivity index (χ1v) is 24.9. The molecule has 4 saturated heterocycles. The fraction of sp³-hybridized carbons (Fsp3) is 0.469. The molecule has 6 aliphatic rings. The first-order valence-electron chi connectivity index (χ1n) is 23.4. The van der Waals surface area contributed by atoms with Crippen molar-refractivity contribution in [3.05, 3.63) is 106 Å². The van der Waals surface area contributed by atoms with E-state index in [4.69, 9.17) is 19.2 Å². The Balaban J connectivity index is 0.871. The van der Waals surface area contributed by atoms with Crippen LogP contribution in [0.25, 0.3) is 11.0 Å². The second kappa shape index (κ2) is 17.2. The summed E-state index contributed by atoms with van der Waals surface area (Å²) in [6.45, 7) is 7.47. The van der Waals surface area contributed by atoms with E-state index in [1.165, 1.54) is 48.9 Å². The number of aromatic nitrogens is 2. The summed E-state index contributed by atoms with van der Waals surface area (Å²) in [5.41, 5.74) is 5.76. The number of hydrogen-bond acceptors (Lipinski definition) is 13. The monoisotopic (exact) mass is 916 g/mol. The number of aryl methyl sites for hydroxylation is 1. The van der Waals surface area contributed by atoms with Crippen molar-refractivity contribution in [3.63, 3.8) is 0 Å². The maximum Gasteiger partial charge on any atom is 0.293 e. The number of anilines is 4. The Bertz CT molecular complexity index is 2780. The second-order valence-electron chi connectivity index (χ2n) is 19.2. The molecule has 5 aromatic rings. The van der Waals surface area contributed by atoms with Crippen molar-refractivity contribution in [1.82, 2.24) is 19.6 Å². The van der Waals surface area contributed by atoms with Crippen molar-refractivity contribution in [2.45, 2.75) is 87.4 Å². The highest BCUT2D eigenvalue weighted by Crippen LogP contribution is 2.54. The van der Waals surface area contributed by atoms with E-state index in [9.17, 15) is 23.3 Å². The number of fused-ring (bicyclic) bond motifs is 3. The van der Waals surface area contributed by atoms with Crippen molar-refractivity contribution < 1.29 is 32.3 Å². The maximum atomic E-state index is 14.6. The molecule has 2 aromatic heterocycles. The van der Waals surface area contributed by atoms with E-state index >= 15 is 0 Å². The smallest absolute Gasteiger partial charge is 0.293 e. The summed E-state index contributed by atoms with van der Waals surface area (Å²) in [7, 11) is -4.58.